The number of amides is 1. The van der Waals surface area contributed by atoms with E-state index in [2.05, 4.69) is 75.5 Å². The number of hydrogen-bond acceptors (Lipinski definition) is 4. The summed E-state index contributed by atoms with van der Waals surface area (Å²) in [5.41, 5.74) is 6.65. The molecule has 1 fully saturated rings. The van der Waals surface area contributed by atoms with Crippen molar-refractivity contribution >= 4 is 16.9 Å². The lowest BCUT2D eigenvalue weighted by Gasteiger charge is -2.39. The van der Waals surface area contributed by atoms with Crippen LogP contribution in [-0.2, 0) is 0 Å². The molecule has 5 rings (SSSR count). The molecular formula is C28H28N4O. The van der Waals surface area contributed by atoms with Crippen molar-refractivity contribution in [2.75, 3.05) is 26.2 Å². The molecule has 0 bridgehead atoms. The number of nitrogens with zero attached hydrogens (tertiary/aromatic N) is 4. The van der Waals surface area contributed by atoms with Gasteiger partial charge in [-0.2, -0.15) is 0 Å². The molecule has 1 aromatic heterocycles. The van der Waals surface area contributed by atoms with Crippen molar-refractivity contribution in [1.82, 2.24) is 19.8 Å². The van der Waals surface area contributed by atoms with Crippen LogP contribution < -0.4 is 0 Å². The molecule has 1 aliphatic heterocycles. The standard InChI is InChI=1S/C28H28N4O/c1-20-21(2)30-26-19-24(13-14-25(26)29-20)28(33)32-17-15-31(16-18-32)27(22-9-5-3-6-10-22)23-11-7-4-8-12-23/h3-14,19,27H,15-18H2,1-2H3. The van der Waals surface area contributed by atoms with Crippen LogP contribution in [0.2, 0.25) is 0 Å². The van der Waals surface area contributed by atoms with Gasteiger partial charge in [-0.15, -0.1) is 0 Å². The van der Waals surface area contributed by atoms with Crippen molar-refractivity contribution in [3.05, 3.63) is 107 Å². The van der Waals surface area contributed by atoms with Gasteiger partial charge in [-0.25, -0.2) is 9.97 Å². The summed E-state index contributed by atoms with van der Waals surface area (Å²) in [5, 5.41) is 0. The summed E-state index contributed by atoms with van der Waals surface area (Å²) in [7, 11) is 0. The smallest absolute Gasteiger partial charge is 0.254 e. The van der Waals surface area contributed by atoms with Gasteiger partial charge < -0.3 is 4.90 Å². The highest BCUT2D eigenvalue weighted by molar-refractivity contribution is 5.97. The Kier molecular flexibility index (Phi) is 5.88. The molecule has 1 saturated heterocycles. The minimum absolute atomic E-state index is 0.0625. The zero-order valence-electron chi connectivity index (χ0n) is 19.1. The fraction of sp³-hybridized carbons (Fsp3) is 0.250. The van der Waals surface area contributed by atoms with Gasteiger partial charge in [0.2, 0.25) is 0 Å². The number of fused-ring (bicyclic) bond motifs is 1. The third-order valence-electron chi connectivity index (χ3n) is 6.52. The maximum absolute atomic E-state index is 13.3. The Labute approximate surface area is 194 Å². The number of benzene rings is 3. The molecule has 0 saturated carbocycles. The van der Waals surface area contributed by atoms with E-state index in [1.54, 1.807) is 0 Å². The maximum Gasteiger partial charge on any atom is 0.254 e. The van der Waals surface area contributed by atoms with Crippen LogP contribution in [0, 0.1) is 13.8 Å². The van der Waals surface area contributed by atoms with Crippen molar-refractivity contribution in [2.45, 2.75) is 19.9 Å². The van der Waals surface area contributed by atoms with Crippen LogP contribution in [0.3, 0.4) is 0 Å². The largest absolute Gasteiger partial charge is 0.336 e. The molecule has 0 aliphatic carbocycles. The van der Waals surface area contributed by atoms with Crippen LogP contribution in [0.15, 0.2) is 78.9 Å². The van der Waals surface area contributed by atoms with E-state index >= 15 is 0 Å². The second-order valence-electron chi connectivity index (χ2n) is 8.65. The summed E-state index contributed by atoms with van der Waals surface area (Å²) in [6.07, 6.45) is 0. The highest BCUT2D eigenvalue weighted by Gasteiger charge is 2.28. The topological polar surface area (TPSA) is 49.3 Å². The van der Waals surface area contributed by atoms with Gasteiger partial charge >= 0.3 is 0 Å². The van der Waals surface area contributed by atoms with Crippen molar-refractivity contribution in [2.24, 2.45) is 0 Å². The molecule has 0 unspecified atom stereocenters. The lowest BCUT2D eigenvalue weighted by molar-refractivity contribution is 0.0597. The Hall–Kier alpha value is -3.57. The average Bonchev–Trinajstić information content (AvgIpc) is 2.86. The first kappa shape index (κ1) is 21.3. The highest BCUT2D eigenvalue weighted by atomic mass is 16.2. The first-order valence-corrected chi connectivity index (χ1v) is 11.5. The summed E-state index contributed by atoms with van der Waals surface area (Å²) in [6, 6.07) is 27.1. The Bertz CT molecular complexity index is 1230. The number of rotatable bonds is 4. The number of aryl methyl sites for hydroxylation is 2. The normalized spacial score (nSPS) is 14.7. The van der Waals surface area contributed by atoms with Gasteiger partial charge in [0.15, 0.2) is 0 Å². The van der Waals surface area contributed by atoms with Crippen LogP contribution in [0.4, 0.5) is 0 Å². The Morgan fingerprint density at radius 2 is 1.27 bits per heavy atom. The molecule has 0 radical (unpaired) electrons. The van der Waals surface area contributed by atoms with Crippen LogP contribution in [0.25, 0.3) is 11.0 Å². The second kappa shape index (κ2) is 9.12. The van der Waals surface area contributed by atoms with E-state index in [-0.39, 0.29) is 11.9 Å². The molecule has 33 heavy (non-hydrogen) atoms. The van der Waals surface area contributed by atoms with Gasteiger partial charge in [0.05, 0.1) is 28.5 Å². The maximum atomic E-state index is 13.3. The first-order chi connectivity index (χ1) is 16.1. The fourth-order valence-corrected chi connectivity index (χ4v) is 4.61. The van der Waals surface area contributed by atoms with Gasteiger partial charge in [-0.05, 0) is 43.2 Å². The molecule has 5 nitrogen and oxygen atoms in total. The molecule has 4 aromatic rings. The van der Waals surface area contributed by atoms with Gasteiger partial charge in [0, 0.05) is 31.7 Å². The summed E-state index contributed by atoms with van der Waals surface area (Å²) < 4.78 is 0. The molecule has 0 N–H and O–H groups in total. The minimum atomic E-state index is 0.0625. The molecule has 0 atom stereocenters. The van der Waals surface area contributed by atoms with Crippen molar-refractivity contribution in [1.29, 1.82) is 0 Å². The fourth-order valence-electron chi connectivity index (χ4n) is 4.61. The van der Waals surface area contributed by atoms with E-state index in [4.69, 9.17) is 0 Å². The predicted molar refractivity (Wildman–Crippen MR) is 131 cm³/mol. The molecule has 166 valence electrons. The second-order valence-corrected chi connectivity index (χ2v) is 8.65. The quantitative estimate of drug-likeness (QED) is 0.461. The first-order valence-electron chi connectivity index (χ1n) is 11.5. The lowest BCUT2D eigenvalue weighted by atomic mass is 9.96. The van der Waals surface area contributed by atoms with E-state index in [1.165, 1.54) is 11.1 Å². The minimum Gasteiger partial charge on any atom is -0.336 e. The Balaban J connectivity index is 1.34. The van der Waals surface area contributed by atoms with E-state index in [1.807, 2.05) is 36.9 Å². The lowest BCUT2D eigenvalue weighted by Crippen LogP contribution is -2.49. The molecule has 1 amide bonds. The van der Waals surface area contributed by atoms with E-state index in [0.29, 0.717) is 18.7 Å². The number of carbonyl (C=O) groups excluding carboxylic acids is 1. The zero-order chi connectivity index (χ0) is 22.8. The molecular weight excluding hydrogens is 408 g/mol. The van der Waals surface area contributed by atoms with E-state index < -0.39 is 0 Å². The number of piperazine rings is 1. The molecule has 5 heteroatoms. The molecule has 0 spiro atoms. The summed E-state index contributed by atoms with van der Waals surface area (Å²) >= 11 is 0. The highest BCUT2D eigenvalue weighted by Crippen LogP contribution is 2.29. The van der Waals surface area contributed by atoms with E-state index in [9.17, 15) is 4.79 Å². The van der Waals surface area contributed by atoms with Gasteiger partial charge in [-0.3, -0.25) is 9.69 Å². The van der Waals surface area contributed by atoms with Crippen molar-refractivity contribution in [3.63, 3.8) is 0 Å². The summed E-state index contributed by atoms with van der Waals surface area (Å²) in [4.78, 5) is 26.9. The number of carbonyl (C=O) groups is 1. The van der Waals surface area contributed by atoms with Gasteiger partial charge in [0.25, 0.3) is 5.91 Å². The molecule has 2 heterocycles. The van der Waals surface area contributed by atoms with Crippen molar-refractivity contribution < 1.29 is 4.79 Å². The van der Waals surface area contributed by atoms with E-state index in [0.717, 1.165) is 35.5 Å². The van der Waals surface area contributed by atoms with Crippen LogP contribution >= 0.6 is 0 Å². The predicted octanol–water partition coefficient (Wildman–Crippen LogP) is 4.79. The van der Waals surface area contributed by atoms with Gasteiger partial charge in [-0.1, -0.05) is 60.7 Å². The summed E-state index contributed by atoms with van der Waals surface area (Å²) in [6.45, 7) is 6.96. The third kappa shape index (κ3) is 4.37. The zero-order valence-corrected chi connectivity index (χ0v) is 19.1. The van der Waals surface area contributed by atoms with Gasteiger partial charge in [0.1, 0.15) is 0 Å². The number of aromatic nitrogens is 2. The van der Waals surface area contributed by atoms with Crippen LogP contribution in [-0.4, -0.2) is 51.9 Å². The Morgan fingerprint density at radius 1 is 0.727 bits per heavy atom. The van der Waals surface area contributed by atoms with Crippen LogP contribution in [0.5, 0.6) is 0 Å². The SMILES string of the molecule is Cc1nc2ccc(C(=O)N3CCN(C(c4ccccc4)c4ccccc4)CC3)cc2nc1C. The third-order valence-corrected chi connectivity index (χ3v) is 6.52. The number of hydrogen-bond donors (Lipinski definition) is 0. The summed E-state index contributed by atoms with van der Waals surface area (Å²) in [5.74, 6) is 0.0625. The molecule has 1 aliphatic rings. The monoisotopic (exact) mass is 436 g/mol. The van der Waals surface area contributed by atoms with Crippen molar-refractivity contribution in [3.8, 4) is 0 Å². The molecule has 3 aromatic carbocycles. The average molecular weight is 437 g/mol. The Morgan fingerprint density at radius 3 is 1.85 bits per heavy atom. The van der Waals surface area contributed by atoms with Crippen LogP contribution in [0.1, 0.15) is 38.9 Å².